The number of para-hydroxylation sites is 2. The number of carbonyl (C=O) groups excluding carboxylic acids is 1. The van der Waals surface area contributed by atoms with E-state index in [1.165, 1.54) is 0 Å². The molecule has 4 heteroatoms. The first-order chi connectivity index (χ1) is 14.6. The third kappa shape index (κ3) is 3.57. The van der Waals surface area contributed by atoms with E-state index in [1.54, 1.807) is 31.4 Å². The van der Waals surface area contributed by atoms with Gasteiger partial charge < -0.3 is 14.6 Å². The number of benzene rings is 3. The van der Waals surface area contributed by atoms with Crippen LogP contribution in [-0.2, 0) is 6.42 Å². The maximum atomic E-state index is 13.7. The molecule has 0 atom stereocenters. The third-order valence-corrected chi connectivity index (χ3v) is 5.42. The van der Waals surface area contributed by atoms with Crippen molar-refractivity contribution in [2.24, 2.45) is 0 Å². The fourth-order valence-corrected chi connectivity index (χ4v) is 4.02. The maximum Gasteiger partial charge on any atom is 0.197 e. The van der Waals surface area contributed by atoms with Crippen LogP contribution in [0, 0.1) is 0 Å². The lowest BCUT2D eigenvalue weighted by Gasteiger charge is -2.25. The Bertz CT molecular complexity index is 1130. The number of ketones is 1. The smallest absolute Gasteiger partial charge is 0.197 e. The molecule has 152 valence electrons. The summed E-state index contributed by atoms with van der Waals surface area (Å²) >= 11 is 0. The Labute approximate surface area is 176 Å². The van der Waals surface area contributed by atoms with Crippen molar-refractivity contribution >= 4 is 16.9 Å². The molecule has 1 aliphatic carbocycles. The zero-order valence-electron chi connectivity index (χ0n) is 17.1. The largest absolute Gasteiger partial charge is 0.507 e. The zero-order chi connectivity index (χ0) is 21.1. The van der Waals surface area contributed by atoms with Gasteiger partial charge in [0.25, 0.3) is 0 Å². The molecule has 1 aliphatic rings. The molecule has 0 heterocycles. The van der Waals surface area contributed by atoms with Crippen LogP contribution in [0.3, 0.4) is 0 Å². The van der Waals surface area contributed by atoms with E-state index in [4.69, 9.17) is 9.47 Å². The number of methoxy groups -OCH3 is 1. The highest BCUT2D eigenvalue weighted by Gasteiger charge is 2.28. The van der Waals surface area contributed by atoms with Gasteiger partial charge in [0.05, 0.1) is 19.3 Å². The van der Waals surface area contributed by atoms with E-state index in [0.717, 1.165) is 40.2 Å². The first-order valence-electron chi connectivity index (χ1n) is 10.1. The number of aryl methyl sites for hydroxylation is 1. The summed E-state index contributed by atoms with van der Waals surface area (Å²) in [5.41, 5.74) is 4.68. The van der Waals surface area contributed by atoms with E-state index in [1.807, 2.05) is 49.4 Å². The molecule has 0 saturated heterocycles. The molecule has 1 N–H and O–H groups in total. The minimum absolute atomic E-state index is 0.0203. The Morgan fingerprint density at radius 3 is 2.50 bits per heavy atom. The third-order valence-electron chi connectivity index (χ3n) is 5.42. The van der Waals surface area contributed by atoms with Crippen molar-refractivity contribution in [1.29, 1.82) is 0 Å². The van der Waals surface area contributed by atoms with Crippen LogP contribution in [0.1, 0.15) is 40.4 Å². The SMILES string of the molecule is CCOc1ccccc1C1=C(C(=O)c2ccccc2O)c2ccc(OC)cc2CC1. The molecule has 4 rings (SSSR count). The zero-order valence-corrected chi connectivity index (χ0v) is 17.1. The summed E-state index contributed by atoms with van der Waals surface area (Å²) in [5, 5.41) is 10.3. The predicted molar refractivity (Wildman–Crippen MR) is 118 cm³/mol. The second-order valence-corrected chi connectivity index (χ2v) is 7.15. The molecule has 0 radical (unpaired) electrons. The van der Waals surface area contributed by atoms with E-state index in [0.29, 0.717) is 24.2 Å². The Morgan fingerprint density at radius 1 is 0.967 bits per heavy atom. The van der Waals surface area contributed by atoms with E-state index in [9.17, 15) is 9.90 Å². The van der Waals surface area contributed by atoms with Crippen molar-refractivity contribution < 1.29 is 19.4 Å². The average molecular weight is 400 g/mol. The molecule has 0 fully saturated rings. The molecule has 3 aromatic carbocycles. The van der Waals surface area contributed by atoms with E-state index in [2.05, 4.69) is 0 Å². The van der Waals surface area contributed by atoms with Gasteiger partial charge in [-0.1, -0.05) is 36.4 Å². The standard InChI is InChI=1S/C26H24O4/c1-3-30-24-11-7-5-8-20(24)21-14-12-17-16-18(29-2)13-15-19(17)25(21)26(28)22-9-4-6-10-23(22)27/h4-11,13,15-16,27H,3,12,14H2,1-2H3. The van der Waals surface area contributed by atoms with Gasteiger partial charge in [0.15, 0.2) is 5.78 Å². The summed E-state index contributed by atoms with van der Waals surface area (Å²) in [6.45, 7) is 2.49. The van der Waals surface area contributed by atoms with Gasteiger partial charge in [-0.15, -0.1) is 0 Å². The van der Waals surface area contributed by atoms with Gasteiger partial charge in [-0.3, -0.25) is 4.79 Å². The number of fused-ring (bicyclic) bond motifs is 1. The highest BCUT2D eigenvalue weighted by Crippen LogP contribution is 2.43. The normalized spacial score (nSPS) is 13.0. The van der Waals surface area contributed by atoms with Crippen LogP contribution in [-0.4, -0.2) is 24.6 Å². The monoisotopic (exact) mass is 400 g/mol. The van der Waals surface area contributed by atoms with Crippen molar-refractivity contribution in [2.45, 2.75) is 19.8 Å². The minimum Gasteiger partial charge on any atom is -0.507 e. The van der Waals surface area contributed by atoms with Gasteiger partial charge in [0.2, 0.25) is 0 Å². The summed E-state index contributed by atoms with van der Waals surface area (Å²) in [6.07, 6.45) is 1.48. The molecule has 0 spiro atoms. The Balaban J connectivity index is 1.97. The number of allylic oxidation sites excluding steroid dienone is 2. The van der Waals surface area contributed by atoms with Crippen LogP contribution < -0.4 is 9.47 Å². The fraction of sp³-hybridized carbons (Fsp3) is 0.192. The number of Topliss-reactive ketones (excluding diaryl/α,β-unsaturated/α-hetero) is 1. The van der Waals surface area contributed by atoms with Crippen LogP contribution in [0.2, 0.25) is 0 Å². The second-order valence-electron chi connectivity index (χ2n) is 7.15. The van der Waals surface area contributed by atoms with Crippen LogP contribution in [0.15, 0.2) is 66.7 Å². The molecule has 0 unspecified atom stereocenters. The van der Waals surface area contributed by atoms with Crippen LogP contribution in [0.25, 0.3) is 11.1 Å². The molecule has 4 nitrogen and oxygen atoms in total. The lowest BCUT2D eigenvalue weighted by molar-refractivity contribution is 0.105. The maximum absolute atomic E-state index is 13.7. The number of rotatable bonds is 6. The van der Waals surface area contributed by atoms with Crippen molar-refractivity contribution in [1.82, 2.24) is 0 Å². The highest BCUT2D eigenvalue weighted by molar-refractivity contribution is 6.35. The molecule has 0 aromatic heterocycles. The van der Waals surface area contributed by atoms with Crippen LogP contribution in [0.4, 0.5) is 0 Å². The fourth-order valence-electron chi connectivity index (χ4n) is 4.02. The number of hydrogen-bond donors (Lipinski definition) is 1. The van der Waals surface area contributed by atoms with Crippen molar-refractivity contribution in [3.8, 4) is 17.2 Å². The van der Waals surface area contributed by atoms with Crippen molar-refractivity contribution in [3.05, 3.63) is 89.0 Å². The Kier molecular flexibility index (Phi) is 5.57. The second kappa shape index (κ2) is 8.46. The topological polar surface area (TPSA) is 55.8 Å². The van der Waals surface area contributed by atoms with Gasteiger partial charge in [0.1, 0.15) is 17.2 Å². The van der Waals surface area contributed by atoms with Crippen LogP contribution >= 0.6 is 0 Å². The molecule has 0 aliphatic heterocycles. The van der Waals surface area contributed by atoms with Crippen LogP contribution in [0.5, 0.6) is 17.2 Å². The molecule has 0 saturated carbocycles. The lowest BCUT2D eigenvalue weighted by Crippen LogP contribution is -2.13. The Morgan fingerprint density at radius 2 is 1.73 bits per heavy atom. The van der Waals surface area contributed by atoms with E-state index >= 15 is 0 Å². The summed E-state index contributed by atoms with van der Waals surface area (Å²) in [5.74, 6) is 1.31. The summed E-state index contributed by atoms with van der Waals surface area (Å²) in [7, 11) is 1.64. The minimum atomic E-state index is -0.194. The summed E-state index contributed by atoms with van der Waals surface area (Å²) < 4.78 is 11.2. The predicted octanol–water partition coefficient (Wildman–Crippen LogP) is 5.54. The van der Waals surface area contributed by atoms with Gasteiger partial charge in [-0.05, 0) is 66.8 Å². The highest BCUT2D eigenvalue weighted by atomic mass is 16.5. The van der Waals surface area contributed by atoms with E-state index < -0.39 is 0 Å². The quantitative estimate of drug-likeness (QED) is 0.552. The van der Waals surface area contributed by atoms with Crippen molar-refractivity contribution in [3.63, 3.8) is 0 Å². The summed E-state index contributed by atoms with van der Waals surface area (Å²) in [4.78, 5) is 13.7. The Hall–Kier alpha value is -3.53. The first kappa shape index (κ1) is 19.8. The van der Waals surface area contributed by atoms with Gasteiger partial charge in [-0.2, -0.15) is 0 Å². The molecule has 0 bridgehead atoms. The number of phenolic OH excluding ortho intramolecular Hbond substituents is 1. The van der Waals surface area contributed by atoms with Gasteiger partial charge in [-0.25, -0.2) is 0 Å². The summed E-state index contributed by atoms with van der Waals surface area (Å²) in [6, 6.07) is 20.3. The van der Waals surface area contributed by atoms with Crippen molar-refractivity contribution in [2.75, 3.05) is 13.7 Å². The molecular weight excluding hydrogens is 376 g/mol. The molecular formula is C26H24O4. The number of phenols is 1. The number of aromatic hydroxyl groups is 1. The number of hydrogen-bond acceptors (Lipinski definition) is 4. The van der Waals surface area contributed by atoms with Gasteiger partial charge in [0, 0.05) is 11.1 Å². The molecule has 0 amide bonds. The number of carbonyl (C=O) groups is 1. The lowest BCUT2D eigenvalue weighted by atomic mass is 9.79. The first-order valence-corrected chi connectivity index (χ1v) is 10.1. The molecule has 30 heavy (non-hydrogen) atoms. The van der Waals surface area contributed by atoms with E-state index in [-0.39, 0.29) is 11.5 Å². The average Bonchev–Trinajstić information content (AvgIpc) is 2.78. The van der Waals surface area contributed by atoms with Gasteiger partial charge >= 0.3 is 0 Å². The molecule has 3 aromatic rings. The number of ether oxygens (including phenoxy) is 2.